The number of benzene rings is 3. The Kier molecular flexibility index (Phi) is 10.2. The highest BCUT2D eigenvalue weighted by atomic mass is 32.1. The number of ether oxygens (including phenoxy) is 5. The molecule has 268 valence electrons. The van der Waals surface area contributed by atoms with Crippen LogP contribution >= 0.6 is 11.3 Å². The zero-order valence-corrected chi connectivity index (χ0v) is 29.4. The van der Waals surface area contributed by atoms with E-state index in [2.05, 4.69) is 20.3 Å². The van der Waals surface area contributed by atoms with Gasteiger partial charge in [0.25, 0.3) is 5.56 Å². The number of carbonyl (C=O) groups is 1. The molecule has 0 aliphatic carbocycles. The molecule has 6 aromatic rings. The molecule has 0 saturated carbocycles. The van der Waals surface area contributed by atoms with Gasteiger partial charge in [0.2, 0.25) is 11.9 Å². The van der Waals surface area contributed by atoms with E-state index in [0.717, 1.165) is 21.6 Å². The van der Waals surface area contributed by atoms with Crippen LogP contribution in [0, 0.1) is 0 Å². The number of hydrogen-bond acceptors (Lipinski definition) is 11. The number of aliphatic hydroxyl groups is 1. The number of carbonyl (C=O) groups excluding carboxylic acids is 1. The summed E-state index contributed by atoms with van der Waals surface area (Å²) in [5.41, 5.74) is 0.917. The number of H-pyrrole nitrogens is 1. The van der Waals surface area contributed by atoms with Crippen LogP contribution in [0.15, 0.2) is 107 Å². The van der Waals surface area contributed by atoms with Crippen LogP contribution in [0.3, 0.4) is 0 Å². The first kappa shape index (κ1) is 35.0. The molecule has 3 aromatic heterocycles. The smallest absolute Gasteiger partial charge is 0.280 e. The number of hydrogen-bond donors (Lipinski definition) is 3. The number of imidazole rings is 1. The molecule has 0 spiro atoms. The number of aromatic amines is 1. The molecule has 1 aliphatic rings. The Morgan fingerprint density at radius 3 is 2.21 bits per heavy atom. The van der Waals surface area contributed by atoms with Gasteiger partial charge in [-0.15, -0.1) is 11.3 Å². The lowest BCUT2D eigenvalue weighted by Gasteiger charge is -2.37. The van der Waals surface area contributed by atoms with Gasteiger partial charge in [0.1, 0.15) is 35.4 Å². The number of anilines is 1. The lowest BCUT2D eigenvalue weighted by atomic mass is 9.80. The average molecular weight is 724 g/mol. The molecule has 1 amide bonds. The van der Waals surface area contributed by atoms with E-state index in [1.165, 1.54) is 29.2 Å². The van der Waals surface area contributed by atoms with E-state index < -0.39 is 41.6 Å². The maximum absolute atomic E-state index is 12.9. The third-order valence-electron chi connectivity index (χ3n) is 8.95. The minimum Gasteiger partial charge on any atom is -0.497 e. The number of nitrogens with zero attached hydrogens (tertiary/aromatic N) is 3. The molecule has 13 nitrogen and oxygen atoms in total. The molecule has 1 saturated heterocycles. The third-order valence-corrected chi connectivity index (χ3v) is 9.80. The summed E-state index contributed by atoms with van der Waals surface area (Å²) in [5.74, 6) is 0.903. The summed E-state index contributed by atoms with van der Waals surface area (Å²) < 4.78 is 32.6. The quantitative estimate of drug-likeness (QED) is 0.138. The predicted molar refractivity (Wildman–Crippen MR) is 194 cm³/mol. The van der Waals surface area contributed by atoms with Crippen molar-refractivity contribution in [2.75, 3.05) is 26.1 Å². The molecular formula is C38H37N5O8S. The van der Waals surface area contributed by atoms with Crippen LogP contribution in [0.4, 0.5) is 5.95 Å². The second-order valence-electron chi connectivity index (χ2n) is 12.1. The van der Waals surface area contributed by atoms with Gasteiger partial charge in [-0.25, -0.2) is 4.98 Å². The van der Waals surface area contributed by atoms with Crippen molar-refractivity contribution >= 4 is 34.4 Å². The Labute approximate surface area is 302 Å². The highest BCUT2D eigenvalue weighted by molar-refractivity contribution is 7.09. The number of nitrogens with one attached hydrogen (secondary N) is 2. The van der Waals surface area contributed by atoms with Gasteiger partial charge in [-0.05, 0) is 52.4 Å². The summed E-state index contributed by atoms with van der Waals surface area (Å²) in [6.07, 6.45) is -2.61. The lowest BCUT2D eigenvalue weighted by Crippen LogP contribution is -2.40. The Hall–Kier alpha value is -5.38. The van der Waals surface area contributed by atoms with Crippen LogP contribution in [0.1, 0.15) is 34.7 Å². The largest absolute Gasteiger partial charge is 0.497 e. The topological polar surface area (TPSA) is 159 Å². The normalized spacial score (nSPS) is 18.8. The molecule has 4 atom stereocenters. The average Bonchev–Trinajstić information content (AvgIpc) is 3.91. The highest BCUT2D eigenvalue weighted by Crippen LogP contribution is 2.43. The highest BCUT2D eigenvalue weighted by Gasteiger charge is 2.48. The first-order valence-corrected chi connectivity index (χ1v) is 17.4. The Bertz CT molecular complexity index is 2120. The fraction of sp³-hybridized carbons (Fsp3) is 0.263. The van der Waals surface area contributed by atoms with Crippen LogP contribution in [0.2, 0.25) is 0 Å². The van der Waals surface area contributed by atoms with Crippen LogP contribution in [-0.4, -0.2) is 69.7 Å². The summed E-state index contributed by atoms with van der Waals surface area (Å²) in [5, 5.41) is 16.3. The fourth-order valence-corrected chi connectivity index (χ4v) is 7.11. The van der Waals surface area contributed by atoms with Gasteiger partial charge in [-0.2, -0.15) is 4.98 Å². The first-order chi connectivity index (χ1) is 25.3. The Balaban J connectivity index is 1.30. The van der Waals surface area contributed by atoms with Gasteiger partial charge in [-0.1, -0.05) is 60.7 Å². The van der Waals surface area contributed by atoms with Crippen LogP contribution in [0.25, 0.3) is 11.2 Å². The van der Waals surface area contributed by atoms with Crippen molar-refractivity contribution in [2.24, 2.45) is 0 Å². The van der Waals surface area contributed by atoms with E-state index in [-0.39, 0.29) is 30.3 Å². The zero-order valence-electron chi connectivity index (χ0n) is 28.6. The Morgan fingerprint density at radius 1 is 0.962 bits per heavy atom. The van der Waals surface area contributed by atoms with E-state index in [4.69, 9.17) is 23.7 Å². The van der Waals surface area contributed by atoms with Crippen molar-refractivity contribution in [3.8, 4) is 11.5 Å². The van der Waals surface area contributed by atoms with Gasteiger partial charge in [0.15, 0.2) is 17.4 Å². The lowest BCUT2D eigenvalue weighted by molar-refractivity contribution is -0.114. The van der Waals surface area contributed by atoms with Gasteiger partial charge >= 0.3 is 0 Å². The molecule has 0 unspecified atom stereocenters. The molecule has 0 radical (unpaired) electrons. The maximum atomic E-state index is 12.9. The molecule has 0 bridgehead atoms. The van der Waals surface area contributed by atoms with Crippen molar-refractivity contribution in [1.29, 1.82) is 0 Å². The first-order valence-electron chi connectivity index (χ1n) is 16.5. The summed E-state index contributed by atoms with van der Waals surface area (Å²) in [6.45, 7) is 1.49. The molecule has 1 fully saturated rings. The number of fused-ring (bicyclic) bond motifs is 1. The number of aliphatic hydroxyl groups excluding tert-OH is 1. The molecular weight excluding hydrogens is 687 g/mol. The third kappa shape index (κ3) is 6.81. The van der Waals surface area contributed by atoms with E-state index in [1.54, 1.807) is 14.2 Å². The summed E-state index contributed by atoms with van der Waals surface area (Å²) in [4.78, 5) is 36.8. The molecule has 4 heterocycles. The minimum absolute atomic E-state index is 0.0164. The fourth-order valence-electron chi connectivity index (χ4n) is 6.48. The van der Waals surface area contributed by atoms with E-state index in [0.29, 0.717) is 11.5 Å². The summed E-state index contributed by atoms with van der Waals surface area (Å²) in [7, 11) is 3.23. The zero-order chi connectivity index (χ0) is 36.2. The number of thiophene rings is 1. The van der Waals surface area contributed by atoms with Crippen molar-refractivity contribution in [1.82, 2.24) is 19.5 Å². The van der Waals surface area contributed by atoms with Gasteiger partial charge in [-0.3, -0.25) is 24.5 Å². The van der Waals surface area contributed by atoms with Crippen LogP contribution < -0.4 is 20.3 Å². The number of methoxy groups -OCH3 is 2. The molecule has 52 heavy (non-hydrogen) atoms. The standard InChI is InChI=1S/C38H37N5O8S/c1-23(44)40-37-41-34-31(35(46)42-37)39-22-43(34)36-32(45)33(49-20-29-10-7-19-52-29)30(51-36)21-50-38(24-8-5-4-6-9-24,25-11-15-27(47-2)16-12-25)26-13-17-28(48-3)18-14-26/h4-19,22,30,32-33,36,45H,20-21H2,1-3H3,(H2,40,41,42,44,46)/t30-,32-,33-,36-/m1/s1. The SMILES string of the molecule is COc1ccc(C(OC[C@H]2O[C@@H](n3cnc4c(=O)[nH]c(NC(C)=O)nc43)[C@H](O)[C@@H]2OCc2cccs2)(c2ccccc2)c2ccc(OC)cc2)cc1. The Morgan fingerprint density at radius 2 is 1.62 bits per heavy atom. The number of aromatic nitrogens is 4. The molecule has 14 heteroatoms. The van der Waals surface area contributed by atoms with E-state index in [9.17, 15) is 14.7 Å². The van der Waals surface area contributed by atoms with Crippen molar-refractivity contribution in [3.63, 3.8) is 0 Å². The van der Waals surface area contributed by atoms with Crippen LogP contribution in [0.5, 0.6) is 11.5 Å². The van der Waals surface area contributed by atoms with Gasteiger partial charge in [0, 0.05) is 11.8 Å². The molecule has 7 rings (SSSR count). The van der Waals surface area contributed by atoms with Gasteiger partial charge in [0.05, 0.1) is 33.8 Å². The predicted octanol–water partition coefficient (Wildman–Crippen LogP) is 5.01. The second-order valence-corrected chi connectivity index (χ2v) is 13.2. The monoisotopic (exact) mass is 723 g/mol. The summed E-state index contributed by atoms with van der Waals surface area (Å²) in [6, 6.07) is 29.1. The van der Waals surface area contributed by atoms with Crippen molar-refractivity contribution in [2.45, 2.75) is 43.7 Å². The minimum atomic E-state index is -1.23. The van der Waals surface area contributed by atoms with Crippen molar-refractivity contribution in [3.05, 3.63) is 135 Å². The maximum Gasteiger partial charge on any atom is 0.280 e. The molecule has 3 aromatic carbocycles. The van der Waals surface area contributed by atoms with E-state index >= 15 is 0 Å². The van der Waals surface area contributed by atoms with Crippen molar-refractivity contribution < 1.29 is 33.6 Å². The molecule has 3 N–H and O–H groups in total. The van der Waals surface area contributed by atoms with E-state index in [1.807, 2.05) is 96.4 Å². The number of amides is 1. The number of rotatable bonds is 13. The van der Waals surface area contributed by atoms with Crippen LogP contribution in [-0.2, 0) is 31.2 Å². The second kappa shape index (κ2) is 15.1. The summed E-state index contributed by atoms with van der Waals surface area (Å²) >= 11 is 1.54. The molecule has 1 aliphatic heterocycles. The van der Waals surface area contributed by atoms with Gasteiger partial charge < -0.3 is 28.8 Å².